The molecule has 1 N–H and O–H groups in total. The molecule has 1 aliphatic carbocycles. The molecule has 0 spiro atoms. The molecule has 2 rings (SSSR count). The van der Waals surface area contributed by atoms with Gasteiger partial charge in [-0.15, -0.1) is 11.8 Å². The Labute approximate surface area is 107 Å². The number of hydrogen-bond donors (Lipinski definition) is 1. The maximum absolute atomic E-state index is 8.98. The van der Waals surface area contributed by atoms with Crippen molar-refractivity contribution in [2.75, 3.05) is 12.3 Å². The standard InChI is InChI=1S/C14H18N2S/c15-11-12-5-4-8-14(12)16-9-10-17-13-6-2-1-3-7-13/h1-3,6-7,12,14,16H,4-5,8-10H2. The molecule has 90 valence electrons. The van der Waals surface area contributed by atoms with E-state index in [0.717, 1.165) is 25.1 Å². The lowest BCUT2D eigenvalue weighted by Crippen LogP contribution is -2.33. The molecule has 1 saturated carbocycles. The van der Waals surface area contributed by atoms with Gasteiger partial charge in [0.05, 0.1) is 12.0 Å². The minimum atomic E-state index is 0.233. The Balaban J connectivity index is 1.65. The first-order valence-electron chi connectivity index (χ1n) is 6.21. The summed E-state index contributed by atoms with van der Waals surface area (Å²) in [7, 11) is 0. The maximum atomic E-state index is 8.98. The maximum Gasteiger partial charge on any atom is 0.0672 e. The summed E-state index contributed by atoms with van der Waals surface area (Å²) in [4.78, 5) is 1.32. The van der Waals surface area contributed by atoms with E-state index >= 15 is 0 Å². The van der Waals surface area contributed by atoms with Crippen LogP contribution in [0.15, 0.2) is 35.2 Å². The van der Waals surface area contributed by atoms with Crippen molar-refractivity contribution in [2.24, 2.45) is 5.92 Å². The molecule has 0 bridgehead atoms. The third-order valence-electron chi connectivity index (χ3n) is 3.20. The predicted octanol–water partition coefficient (Wildman–Crippen LogP) is 3.06. The monoisotopic (exact) mass is 246 g/mol. The number of nitriles is 1. The normalized spacial score (nSPS) is 23.5. The number of nitrogens with zero attached hydrogens (tertiary/aromatic N) is 1. The van der Waals surface area contributed by atoms with Gasteiger partial charge >= 0.3 is 0 Å². The van der Waals surface area contributed by atoms with Crippen molar-refractivity contribution < 1.29 is 0 Å². The number of rotatable bonds is 5. The molecule has 0 aliphatic heterocycles. The van der Waals surface area contributed by atoms with Gasteiger partial charge in [0.25, 0.3) is 0 Å². The molecule has 1 fully saturated rings. The summed E-state index contributed by atoms with van der Waals surface area (Å²) in [6.45, 7) is 0.988. The summed E-state index contributed by atoms with van der Waals surface area (Å²) in [6.07, 6.45) is 3.43. The first-order chi connectivity index (χ1) is 8.40. The molecule has 2 nitrogen and oxygen atoms in total. The summed E-state index contributed by atoms with van der Waals surface area (Å²) >= 11 is 1.87. The van der Waals surface area contributed by atoms with E-state index in [1.165, 1.54) is 11.3 Å². The highest BCUT2D eigenvalue weighted by molar-refractivity contribution is 7.99. The second kappa shape index (κ2) is 6.68. The lowest BCUT2D eigenvalue weighted by Gasteiger charge is -2.15. The average molecular weight is 246 g/mol. The SMILES string of the molecule is N#CC1CCCC1NCCSc1ccccc1. The molecule has 0 aromatic heterocycles. The van der Waals surface area contributed by atoms with Crippen LogP contribution in [0.25, 0.3) is 0 Å². The van der Waals surface area contributed by atoms with Crippen LogP contribution in [0.1, 0.15) is 19.3 Å². The molecule has 2 atom stereocenters. The Hall–Kier alpha value is -0.980. The van der Waals surface area contributed by atoms with E-state index in [1.807, 2.05) is 17.8 Å². The van der Waals surface area contributed by atoms with Gasteiger partial charge < -0.3 is 5.32 Å². The fourth-order valence-electron chi connectivity index (χ4n) is 2.29. The topological polar surface area (TPSA) is 35.8 Å². The Morgan fingerprint density at radius 3 is 2.88 bits per heavy atom. The fourth-order valence-corrected chi connectivity index (χ4v) is 3.09. The van der Waals surface area contributed by atoms with Gasteiger partial charge in [0, 0.05) is 23.2 Å². The number of hydrogen-bond acceptors (Lipinski definition) is 3. The number of thioether (sulfide) groups is 1. The second-order valence-corrected chi connectivity index (χ2v) is 5.56. The van der Waals surface area contributed by atoms with Crippen molar-refractivity contribution >= 4 is 11.8 Å². The van der Waals surface area contributed by atoms with E-state index in [2.05, 4.69) is 35.7 Å². The lowest BCUT2D eigenvalue weighted by molar-refractivity contribution is 0.480. The third-order valence-corrected chi connectivity index (χ3v) is 4.22. The first-order valence-corrected chi connectivity index (χ1v) is 7.19. The van der Waals surface area contributed by atoms with Crippen molar-refractivity contribution in [3.05, 3.63) is 30.3 Å². The van der Waals surface area contributed by atoms with Crippen molar-refractivity contribution in [1.82, 2.24) is 5.32 Å². The molecule has 0 saturated heterocycles. The van der Waals surface area contributed by atoms with Crippen molar-refractivity contribution in [1.29, 1.82) is 5.26 Å². The Morgan fingerprint density at radius 2 is 2.12 bits per heavy atom. The lowest BCUT2D eigenvalue weighted by atomic mass is 10.1. The molecule has 17 heavy (non-hydrogen) atoms. The van der Waals surface area contributed by atoms with E-state index in [1.54, 1.807) is 0 Å². The molecule has 3 heteroatoms. The van der Waals surface area contributed by atoms with Gasteiger partial charge in [0.15, 0.2) is 0 Å². The highest BCUT2D eigenvalue weighted by Gasteiger charge is 2.25. The van der Waals surface area contributed by atoms with Crippen LogP contribution in [0.3, 0.4) is 0 Å². The molecule has 0 amide bonds. The highest BCUT2D eigenvalue weighted by atomic mass is 32.2. The van der Waals surface area contributed by atoms with Crippen LogP contribution in [0.5, 0.6) is 0 Å². The van der Waals surface area contributed by atoms with E-state index < -0.39 is 0 Å². The molecule has 0 radical (unpaired) electrons. The van der Waals surface area contributed by atoms with Crippen LogP contribution < -0.4 is 5.32 Å². The molecule has 2 unspecified atom stereocenters. The zero-order valence-electron chi connectivity index (χ0n) is 9.93. The molecule has 0 heterocycles. The molecular formula is C14H18N2S. The Morgan fingerprint density at radius 1 is 1.29 bits per heavy atom. The van der Waals surface area contributed by atoms with Crippen LogP contribution in [0, 0.1) is 17.2 Å². The Bertz CT molecular complexity index is 372. The second-order valence-electron chi connectivity index (χ2n) is 4.39. The van der Waals surface area contributed by atoms with Gasteiger partial charge in [0.1, 0.15) is 0 Å². The molecule has 1 aromatic carbocycles. The number of nitrogens with one attached hydrogen (secondary N) is 1. The smallest absolute Gasteiger partial charge is 0.0672 e. The quantitative estimate of drug-likeness (QED) is 0.640. The largest absolute Gasteiger partial charge is 0.312 e. The van der Waals surface area contributed by atoms with E-state index in [0.29, 0.717) is 6.04 Å². The van der Waals surface area contributed by atoms with Crippen LogP contribution in [0.2, 0.25) is 0 Å². The zero-order chi connectivity index (χ0) is 11.9. The van der Waals surface area contributed by atoms with Crippen molar-refractivity contribution in [2.45, 2.75) is 30.2 Å². The van der Waals surface area contributed by atoms with Crippen LogP contribution in [-0.2, 0) is 0 Å². The van der Waals surface area contributed by atoms with Crippen LogP contribution in [0.4, 0.5) is 0 Å². The van der Waals surface area contributed by atoms with Gasteiger partial charge in [0.2, 0.25) is 0 Å². The highest BCUT2D eigenvalue weighted by Crippen LogP contribution is 2.25. The Kier molecular flexibility index (Phi) is 4.90. The van der Waals surface area contributed by atoms with Gasteiger partial charge in [-0.1, -0.05) is 24.6 Å². The average Bonchev–Trinajstić information content (AvgIpc) is 2.83. The van der Waals surface area contributed by atoms with E-state index in [-0.39, 0.29) is 5.92 Å². The third kappa shape index (κ3) is 3.76. The van der Waals surface area contributed by atoms with Crippen LogP contribution >= 0.6 is 11.8 Å². The summed E-state index contributed by atoms with van der Waals surface area (Å²) in [6, 6.07) is 13.3. The summed E-state index contributed by atoms with van der Waals surface area (Å²) in [5, 5.41) is 12.5. The summed E-state index contributed by atoms with van der Waals surface area (Å²) in [5.41, 5.74) is 0. The van der Waals surface area contributed by atoms with Gasteiger partial charge in [-0.3, -0.25) is 0 Å². The van der Waals surface area contributed by atoms with E-state index in [9.17, 15) is 0 Å². The fraction of sp³-hybridized carbons (Fsp3) is 0.500. The minimum Gasteiger partial charge on any atom is -0.312 e. The summed E-state index contributed by atoms with van der Waals surface area (Å²) < 4.78 is 0. The molecular weight excluding hydrogens is 228 g/mol. The van der Waals surface area contributed by atoms with Crippen molar-refractivity contribution in [3.8, 4) is 6.07 Å². The molecule has 1 aliphatic rings. The van der Waals surface area contributed by atoms with Gasteiger partial charge in [-0.25, -0.2) is 0 Å². The van der Waals surface area contributed by atoms with Gasteiger partial charge in [-0.05, 0) is 25.0 Å². The molecule has 1 aromatic rings. The number of benzene rings is 1. The predicted molar refractivity (Wildman–Crippen MR) is 71.9 cm³/mol. The van der Waals surface area contributed by atoms with Crippen LogP contribution in [-0.4, -0.2) is 18.3 Å². The van der Waals surface area contributed by atoms with Crippen molar-refractivity contribution in [3.63, 3.8) is 0 Å². The summed E-state index contributed by atoms with van der Waals surface area (Å²) in [5.74, 6) is 1.30. The minimum absolute atomic E-state index is 0.233. The first kappa shape index (κ1) is 12.5. The van der Waals surface area contributed by atoms with Gasteiger partial charge in [-0.2, -0.15) is 5.26 Å². The zero-order valence-corrected chi connectivity index (χ0v) is 10.7. The van der Waals surface area contributed by atoms with E-state index in [4.69, 9.17) is 5.26 Å².